The Hall–Kier alpha value is -0.710. The first-order valence-corrected chi connectivity index (χ1v) is 7.24. The van der Waals surface area contributed by atoms with E-state index in [9.17, 15) is 0 Å². The van der Waals surface area contributed by atoms with Crippen molar-refractivity contribution < 1.29 is 9.47 Å². The fourth-order valence-corrected chi connectivity index (χ4v) is 2.95. The van der Waals surface area contributed by atoms with E-state index < -0.39 is 0 Å². The number of nitrogens with two attached hydrogens (primary N) is 1. The van der Waals surface area contributed by atoms with Crippen LogP contribution in [-0.4, -0.2) is 32.6 Å². The van der Waals surface area contributed by atoms with Crippen molar-refractivity contribution in [3.63, 3.8) is 0 Å². The molecule has 0 aliphatic rings. The standard InChI is InChI=1S/C14H23NO2S/c1-11(15)14(18-10-4-9-16-2)12-5-7-13(17-3)8-6-12/h5-8,11,14H,4,9-10,15H2,1-3H3. The number of ether oxygens (including phenoxy) is 2. The van der Waals surface area contributed by atoms with E-state index in [1.807, 2.05) is 23.9 Å². The van der Waals surface area contributed by atoms with Crippen LogP contribution in [0.15, 0.2) is 24.3 Å². The Morgan fingerprint density at radius 2 is 1.89 bits per heavy atom. The van der Waals surface area contributed by atoms with Crippen LogP contribution in [0.1, 0.15) is 24.2 Å². The summed E-state index contributed by atoms with van der Waals surface area (Å²) >= 11 is 1.89. The molecule has 0 aromatic heterocycles. The molecule has 2 atom stereocenters. The minimum absolute atomic E-state index is 0.130. The Labute approximate surface area is 114 Å². The van der Waals surface area contributed by atoms with Gasteiger partial charge in [-0.2, -0.15) is 11.8 Å². The van der Waals surface area contributed by atoms with E-state index in [4.69, 9.17) is 15.2 Å². The first-order valence-electron chi connectivity index (χ1n) is 6.19. The summed E-state index contributed by atoms with van der Waals surface area (Å²) in [7, 11) is 3.41. The smallest absolute Gasteiger partial charge is 0.118 e. The number of methoxy groups -OCH3 is 2. The van der Waals surface area contributed by atoms with Gasteiger partial charge in [-0.05, 0) is 36.8 Å². The van der Waals surface area contributed by atoms with Gasteiger partial charge in [-0.3, -0.25) is 0 Å². The van der Waals surface area contributed by atoms with E-state index in [-0.39, 0.29) is 6.04 Å². The molecule has 0 aliphatic carbocycles. The molecule has 4 heteroatoms. The maximum absolute atomic E-state index is 6.07. The molecule has 1 aromatic rings. The molecular formula is C14H23NO2S. The summed E-state index contributed by atoms with van der Waals surface area (Å²) in [6.45, 7) is 2.86. The van der Waals surface area contributed by atoms with Gasteiger partial charge < -0.3 is 15.2 Å². The fraction of sp³-hybridized carbons (Fsp3) is 0.571. The van der Waals surface area contributed by atoms with Crippen molar-refractivity contribution in [3.05, 3.63) is 29.8 Å². The van der Waals surface area contributed by atoms with Gasteiger partial charge in [0.15, 0.2) is 0 Å². The molecule has 2 N–H and O–H groups in total. The van der Waals surface area contributed by atoms with Crippen molar-refractivity contribution >= 4 is 11.8 Å². The predicted molar refractivity (Wildman–Crippen MR) is 78.3 cm³/mol. The Bertz CT molecular complexity index is 327. The molecule has 2 unspecified atom stereocenters. The van der Waals surface area contributed by atoms with Gasteiger partial charge in [0.2, 0.25) is 0 Å². The maximum atomic E-state index is 6.07. The van der Waals surface area contributed by atoms with Crippen LogP contribution in [0.2, 0.25) is 0 Å². The lowest BCUT2D eigenvalue weighted by molar-refractivity contribution is 0.200. The third kappa shape index (κ3) is 4.88. The maximum Gasteiger partial charge on any atom is 0.118 e. The van der Waals surface area contributed by atoms with Crippen LogP contribution in [0.25, 0.3) is 0 Å². The summed E-state index contributed by atoms with van der Waals surface area (Å²) in [6, 6.07) is 8.29. The van der Waals surface area contributed by atoms with E-state index in [0.29, 0.717) is 5.25 Å². The average molecular weight is 269 g/mol. The van der Waals surface area contributed by atoms with Crippen LogP contribution in [-0.2, 0) is 4.74 Å². The topological polar surface area (TPSA) is 44.5 Å². The van der Waals surface area contributed by atoms with Crippen LogP contribution in [0, 0.1) is 0 Å². The summed E-state index contributed by atoms with van der Waals surface area (Å²) in [5.74, 6) is 1.94. The SMILES string of the molecule is COCCCSC(c1ccc(OC)cc1)C(C)N. The summed E-state index contributed by atoms with van der Waals surface area (Å²) in [6.07, 6.45) is 1.06. The highest BCUT2D eigenvalue weighted by Gasteiger charge is 2.16. The summed E-state index contributed by atoms with van der Waals surface area (Å²) in [4.78, 5) is 0. The second-order valence-electron chi connectivity index (χ2n) is 4.27. The Balaban J connectivity index is 2.59. The molecule has 18 heavy (non-hydrogen) atoms. The molecule has 0 aliphatic heterocycles. The average Bonchev–Trinajstić information content (AvgIpc) is 2.39. The molecule has 0 heterocycles. The second-order valence-corrected chi connectivity index (χ2v) is 5.52. The number of hydrogen-bond acceptors (Lipinski definition) is 4. The third-order valence-corrected chi connectivity index (χ3v) is 4.30. The molecule has 1 aromatic carbocycles. The molecule has 0 radical (unpaired) electrons. The fourth-order valence-electron chi connectivity index (χ4n) is 1.76. The van der Waals surface area contributed by atoms with Gasteiger partial charge in [-0.1, -0.05) is 12.1 Å². The van der Waals surface area contributed by atoms with Crippen LogP contribution < -0.4 is 10.5 Å². The van der Waals surface area contributed by atoms with Gasteiger partial charge in [0.25, 0.3) is 0 Å². The Morgan fingerprint density at radius 3 is 2.39 bits per heavy atom. The third-order valence-electron chi connectivity index (χ3n) is 2.71. The molecule has 0 spiro atoms. The van der Waals surface area contributed by atoms with E-state index in [1.54, 1.807) is 14.2 Å². The Kier molecular flexibility index (Phi) is 7.16. The normalized spacial score (nSPS) is 14.2. The van der Waals surface area contributed by atoms with Gasteiger partial charge in [-0.25, -0.2) is 0 Å². The Morgan fingerprint density at radius 1 is 1.22 bits per heavy atom. The molecule has 0 amide bonds. The van der Waals surface area contributed by atoms with Gasteiger partial charge in [0.05, 0.1) is 7.11 Å². The number of thioether (sulfide) groups is 1. The van der Waals surface area contributed by atoms with Crippen molar-refractivity contribution in [1.29, 1.82) is 0 Å². The molecule has 0 bridgehead atoms. The molecule has 1 rings (SSSR count). The number of benzene rings is 1. The van der Waals surface area contributed by atoms with Gasteiger partial charge in [0.1, 0.15) is 5.75 Å². The quantitative estimate of drug-likeness (QED) is 0.737. The van der Waals surface area contributed by atoms with Crippen LogP contribution in [0.5, 0.6) is 5.75 Å². The van der Waals surface area contributed by atoms with Crippen LogP contribution >= 0.6 is 11.8 Å². The molecule has 0 saturated carbocycles. The second kappa shape index (κ2) is 8.40. The van der Waals surface area contributed by atoms with Gasteiger partial charge >= 0.3 is 0 Å². The highest BCUT2D eigenvalue weighted by molar-refractivity contribution is 7.99. The lowest BCUT2D eigenvalue weighted by Crippen LogP contribution is -2.23. The largest absolute Gasteiger partial charge is 0.497 e. The van der Waals surface area contributed by atoms with Gasteiger partial charge in [-0.15, -0.1) is 0 Å². The lowest BCUT2D eigenvalue weighted by Gasteiger charge is -2.21. The minimum atomic E-state index is 0.130. The summed E-state index contributed by atoms with van der Waals surface area (Å²) in [5, 5.41) is 0.327. The van der Waals surface area contributed by atoms with Gasteiger partial charge in [0, 0.05) is 25.0 Å². The minimum Gasteiger partial charge on any atom is -0.497 e. The zero-order chi connectivity index (χ0) is 13.4. The highest BCUT2D eigenvalue weighted by atomic mass is 32.2. The number of hydrogen-bond donors (Lipinski definition) is 1. The molecule has 0 fully saturated rings. The van der Waals surface area contributed by atoms with Crippen molar-refractivity contribution in [3.8, 4) is 5.75 Å². The lowest BCUT2D eigenvalue weighted by atomic mass is 10.1. The van der Waals surface area contributed by atoms with Crippen molar-refractivity contribution in [2.24, 2.45) is 5.73 Å². The van der Waals surface area contributed by atoms with E-state index >= 15 is 0 Å². The monoisotopic (exact) mass is 269 g/mol. The predicted octanol–water partition coefficient (Wildman–Crippen LogP) is 2.85. The molecular weight excluding hydrogens is 246 g/mol. The first kappa shape index (κ1) is 15.3. The van der Waals surface area contributed by atoms with Crippen LogP contribution in [0.3, 0.4) is 0 Å². The zero-order valence-corrected chi connectivity index (χ0v) is 12.2. The van der Waals surface area contributed by atoms with E-state index in [2.05, 4.69) is 19.1 Å². The first-order chi connectivity index (χ1) is 8.69. The highest BCUT2D eigenvalue weighted by Crippen LogP contribution is 2.32. The van der Waals surface area contributed by atoms with E-state index in [0.717, 1.165) is 24.5 Å². The van der Waals surface area contributed by atoms with Crippen molar-refractivity contribution in [1.82, 2.24) is 0 Å². The molecule has 3 nitrogen and oxygen atoms in total. The van der Waals surface area contributed by atoms with Crippen LogP contribution in [0.4, 0.5) is 0 Å². The van der Waals surface area contributed by atoms with Crippen molar-refractivity contribution in [2.45, 2.75) is 24.6 Å². The van der Waals surface area contributed by atoms with E-state index in [1.165, 1.54) is 5.56 Å². The zero-order valence-electron chi connectivity index (χ0n) is 11.4. The molecule has 102 valence electrons. The van der Waals surface area contributed by atoms with Crippen molar-refractivity contribution in [2.75, 3.05) is 26.6 Å². The summed E-state index contributed by atoms with van der Waals surface area (Å²) < 4.78 is 10.2. The molecule has 0 saturated heterocycles. The summed E-state index contributed by atoms with van der Waals surface area (Å²) in [5.41, 5.74) is 7.33. The number of rotatable bonds is 8.